The summed E-state index contributed by atoms with van der Waals surface area (Å²) in [6, 6.07) is 22.3. The summed E-state index contributed by atoms with van der Waals surface area (Å²) < 4.78 is 67.6. The minimum Gasteiger partial charge on any atom is -0.354 e. The smallest absolute Gasteiger partial charge is 0.354 e. The lowest BCUT2D eigenvalue weighted by Crippen LogP contribution is -2.28. The fourth-order valence-corrected chi connectivity index (χ4v) is 5.98. The zero-order chi connectivity index (χ0) is 26.8. The number of non-ortho nitro benzene ring substituents is 1. The molecule has 0 atom stereocenters. The summed E-state index contributed by atoms with van der Waals surface area (Å²) in [5.41, 5.74) is -5.13. The molecule has 6 rings (SSSR count). The number of nitro benzene ring substituents is 1. The Morgan fingerprint density at radius 2 is 1.45 bits per heavy atom. The predicted molar refractivity (Wildman–Crippen MR) is 139 cm³/mol. The highest BCUT2D eigenvalue weighted by atomic mass is 32.2. The van der Waals surface area contributed by atoms with Crippen molar-refractivity contribution in [3.63, 3.8) is 0 Å². The van der Waals surface area contributed by atoms with Crippen LogP contribution in [-0.4, -0.2) is 23.8 Å². The Morgan fingerprint density at radius 3 is 2.08 bits per heavy atom. The van der Waals surface area contributed by atoms with Crippen LogP contribution in [0.4, 0.5) is 18.9 Å². The van der Waals surface area contributed by atoms with E-state index in [4.69, 9.17) is 0 Å². The Labute approximate surface area is 216 Å². The Morgan fingerprint density at radius 1 is 0.842 bits per heavy atom. The normalized spacial score (nSPS) is 12.5. The molecule has 0 amide bonds. The molecule has 190 valence electrons. The van der Waals surface area contributed by atoms with E-state index in [1.54, 1.807) is 6.07 Å². The minimum atomic E-state index is -6.02. The molecule has 12 heteroatoms. The van der Waals surface area contributed by atoms with Gasteiger partial charge in [0, 0.05) is 17.7 Å². The van der Waals surface area contributed by atoms with Gasteiger partial charge in [0.1, 0.15) is 5.01 Å². The van der Waals surface area contributed by atoms with E-state index in [-0.39, 0.29) is 21.1 Å². The van der Waals surface area contributed by atoms with Crippen molar-refractivity contribution in [2.24, 2.45) is 0 Å². The van der Waals surface area contributed by atoms with Crippen LogP contribution in [0.2, 0.25) is 0 Å². The molecule has 0 aliphatic rings. The molecular weight excluding hydrogens is 541 g/mol. The summed E-state index contributed by atoms with van der Waals surface area (Å²) in [4.78, 5) is 14.6. The zero-order valence-electron chi connectivity index (χ0n) is 18.9. The maximum Gasteiger partial charge on any atom is 0.534 e. The summed E-state index contributed by atoms with van der Waals surface area (Å²) in [6.07, 6.45) is 0. The lowest BCUT2D eigenvalue weighted by Gasteiger charge is -2.12. The van der Waals surface area contributed by atoms with Gasteiger partial charge in [0.15, 0.2) is 0 Å². The minimum absolute atomic E-state index is 0.0200. The van der Waals surface area contributed by atoms with Gasteiger partial charge in [0.25, 0.3) is 11.6 Å². The van der Waals surface area contributed by atoms with E-state index >= 15 is 0 Å². The average Bonchev–Trinajstić information content (AvgIpc) is 3.29. The molecule has 6 aromatic rings. The second kappa shape index (κ2) is 8.36. The van der Waals surface area contributed by atoms with E-state index in [1.807, 2.05) is 48.5 Å². The van der Waals surface area contributed by atoms with Gasteiger partial charge in [-0.15, -0.1) is 11.3 Å². The van der Waals surface area contributed by atoms with Crippen molar-refractivity contribution in [2.45, 2.75) is 5.51 Å². The molecule has 0 unspecified atom stereocenters. The van der Waals surface area contributed by atoms with Gasteiger partial charge in [-0.25, -0.2) is 0 Å². The van der Waals surface area contributed by atoms with Crippen LogP contribution in [0, 0.1) is 10.1 Å². The van der Waals surface area contributed by atoms with Crippen molar-refractivity contribution >= 4 is 59.5 Å². The lowest BCUT2D eigenvalue weighted by molar-refractivity contribution is -0.384. The molecule has 0 bridgehead atoms. The maximum atomic E-state index is 13.2. The van der Waals surface area contributed by atoms with Gasteiger partial charge < -0.3 is 4.18 Å². The highest BCUT2D eigenvalue weighted by Crippen LogP contribution is 2.45. The number of hydrogen-bond acceptors (Lipinski definition) is 7. The van der Waals surface area contributed by atoms with E-state index in [1.165, 1.54) is 12.1 Å². The summed E-state index contributed by atoms with van der Waals surface area (Å²) in [6.45, 7) is 0. The highest BCUT2D eigenvalue weighted by molar-refractivity contribution is 7.88. The van der Waals surface area contributed by atoms with Gasteiger partial charge in [0.05, 0.1) is 9.80 Å². The standard InChI is InChI=1S/C26H13F3N2O5S2/c27-26(28,29)38(34,35)36-24-23(17-6-10-18(11-7-17)31(32)33)37-25(30-24)20-13-9-16-5-4-14-2-1-3-15-8-12-19(20)22(16)21(14)15/h1-13H. The van der Waals surface area contributed by atoms with Gasteiger partial charge in [-0.2, -0.15) is 26.6 Å². The van der Waals surface area contributed by atoms with Crippen molar-refractivity contribution in [1.29, 1.82) is 0 Å². The fraction of sp³-hybridized carbons (Fsp3) is 0.0385. The second-order valence-corrected chi connectivity index (χ2v) is 10.9. The number of aromatic nitrogens is 1. The molecule has 0 fully saturated rings. The van der Waals surface area contributed by atoms with Crippen molar-refractivity contribution in [3.05, 3.63) is 89.0 Å². The third-order valence-corrected chi connectivity index (χ3v) is 8.23. The van der Waals surface area contributed by atoms with Crippen LogP contribution < -0.4 is 4.18 Å². The third kappa shape index (κ3) is 3.80. The molecule has 0 aliphatic carbocycles. The molecule has 7 nitrogen and oxygen atoms in total. The number of hydrogen-bond donors (Lipinski definition) is 0. The fourth-order valence-electron chi connectivity index (χ4n) is 4.47. The van der Waals surface area contributed by atoms with Crippen molar-refractivity contribution in [3.8, 4) is 26.9 Å². The van der Waals surface area contributed by atoms with E-state index in [2.05, 4.69) is 9.17 Å². The SMILES string of the molecule is O=[N+]([O-])c1ccc(-c2sc(-c3ccc4ccc5cccc6ccc3c4c56)nc2OS(=O)(=O)C(F)(F)F)cc1. The summed E-state index contributed by atoms with van der Waals surface area (Å²) >= 11 is 0.924. The molecule has 1 heterocycles. The van der Waals surface area contributed by atoms with Crippen LogP contribution in [0.15, 0.2) is 78.9 Å². The van der Waals surface area contributed by atoms with E-state index < -0.39 is 26.4 Å². The molecule has 5 aromatic carbocycles. The molecular formula is C26H13F3N2O5S2. The number of halogens is 3. The summed E-state index contributed by atoms with van der Waals surface area (Å²) in [5, 5.41) is 17.0. The van der Waals surface area contributed by atoms with Crippen molar-refractivity contribution in [2.75, 3.05) is 0 Å². The first-order valence-electron chi connectivity index (χ1n) is 11.0. The highest BCUT2D eigenvalue weighted by Gasteiger charge is 2.49. The predicted octanol–water partition coefficient (Wildman–Crippen LogP) is 7.51. The zero-order valence-corrected chi connectivity index (χ0v) is 20.5. The quantitative estimate of drug-likeness (QED) is 0.0719. The Hall–Kier alpha value is -4.29. The number of rotatable bonds is 5. The summed E-state index contributed by atoms with van der Waals surface area (Å²) in [7, 11) is -6.02. The monoisotopic (exact) mass is 554 g/mol. The van der Waals surface area contributed by atoms with Gasteiger partial charge in [-0.3, -0.25) is 10.1 Å². The topological polar surface area (TPSA) is 99.4 Å². The number of benzene rings is 5. The third-order valence-electron chi connectivity index (χ3n) is 6.17. The van der Waals surface area contributed by atoms with Crippen LogP contribution in [0.5, 0.6) is 5.88 Å². The Balaban J connectivity index is 1.58. The molecule has 0 N–H and O–H groups in total. The van der Waals surface area contributed by atoms with Gasteiger partial charge in [0.2, 0.25) is 0 Å². The maximum absolute atomic E-state index is 13.2. The van der Waals surface area contributed by atoms with Crippen LogP contribution in [0.1, 0.15) is 0 Å². The van der Waals surface area contributed by atoms with Crippen LogP contribution in [0.3, 0.4) is 0 Å². The number of alkyl halides is 3. The molecule has 38 heavy (non-hydrogen) atoms. The molecule has 0 saturated carbocycles. The summed E-state index contributed by atoms with van der Waals surface area (Å²) in [5.74, 6) is -0.762. The first kappa shape index (κ1) is 24.1. The number of nitro groups is 1. The Bertz CT molecular complexity index is 1970. The number of nitrogens with zero attached hydrogens (tertiary/aromatic N) is 2. The van der Waals surface area contributed by atoms with E-state index in [9.17, 15) is 31.7 Å². The first-order valence-corrected chi connectivity index (χ1v) is 13.2. The largest absolute Gasteiger partial charge is 0.534 e. The van der Waals surface area contributed by atoms with Crippen molar-refractivity contribution in [1.82, 2.24) is 4.98 Å². The number of thiazole rings is 1. The van der Waals surface area contributed by atoms with Crippen molar-refractivity contribution < 1.29 is 30.7 Å². The van der Waals surface area contributed by atoms with Crippen LogP contribution >= 0.6 is 11.3 Å². The van der Waals surface area contributed by atoms with Gasteiger partial charge >= 0.3 is 15.6 Å². The van der Waals surface area contributed by atoms with E-state index in [0.717, 1.165) is 55.8 Å². The second-order valence-electron chi connectivity index (χ2n) is 8.41. The molecule has 1 aromatic heterocycles. The average molecular weight is 555 g/mol. The molecule has 0 aliphatic heterocycles. The van der Waals surface area contributed by atoms with Gasteiger partial charge in [-0.05, 0) is 50.0 Å². The molecule has 0 saturated heterocycles. The van der Waals surface area contributed by atoms with Gasteiger partial charge in [-0.1, -0.05) is 54.6 Å². The lowest BCUT2D eigenvalue weighted by atomic mass is 9.92. The molecule has 0 radical (unpaired) electrons. The Kier molecular flexibility index (Phi) is 5.30. The van der Waals surface area contributed by atoms with E-state index in [0.29, 0.717) is 5.56 Å². The molecule has 0 spiro atoms. The van der Waals surface area contributed by atoms with Crippen LogP contribution in [0.25, 0.3) is 53.3 Å². The first-order chi connectivity index (χ1) is 18.0. The van der Waals surface area contributed by atoms with Crippen LogP contribution in [-0.2, 0) is 10.1 Å².